The van der Waals surface area contributed by atoms with Crippen molar-refractivity contribution in [2.24, 2.45) is 4.99 Å². The molecule has 7 heteroatoms. The summed E-state index contributed by atoms with van der Waals surface area (Å²) in [7, 11) is 3.82. The second-order valence-corrected chi connectivity index (χ2v) is 4.29. The summed E-state index contributed by atoms with van der Waals surface area (Å²) in [5.41, 5.74) is 0. The van der Waals surface area contributed by atoms with Crippen molar-refractivity contribution < 1.29 is 0 Å². The van der Waals surface area contributed by atoms with Crippen LogP contribution in [0.4, 0.5) is 0 Å². The van der Waals surface area contributed by atoms with E-state index in [0.29, 0.717) is 6.54 Å². The normalized spacial score (nSPS) is 10.8. The summed E-state index contributed by atoms with van der Waals surface area (Å²) in [4.78, 5) is 6.38. The molecule has 0 aliphatic carbocycles. The third-order valence-electron chi connectivity index (χ3n) is 2.92. The molecule has 1 heterocycles. The molecular weight excluding hydrogens is 367 g/mol. The van der Waals surface area contributed by atoms with Crippen LogP contribution in [0.15, 0.2) is 24.0 Å². The zero-order valence-electron chi connectivity index (χ0n) is 12.5. The van der Waals surface area contributed by atoms with E-state index in [9.17, 15) is 0 Å². The third-order valence-corrected chi connectivity index (χ3v) is 2.92. The molecule has 0 amide bonds. The fourth-order valence-corrected chi connectivity index (χ4v) is 1.80. The van der Waals surface area contributed by atoms with Crippen LogP contribution in [0.2, 0.25) is 0 Å². The van der Waals surface area contributed by atoms with Gasteiger partial charge in [0.25, 0.3) is 0 Å². The van der Waals surface area contributed by atoms with Crippen LogP contribution in [0.3, 0.4) is 0 Å². The van der Waals surface area contributed by atoms with Crippen molar-refractivity contribution in [3.8, 4) is 0 Å². The number of nitrogens with one attached hydrogen (secondary N) is 1. The Kier molecular flexibility index (Phi) is 10.0. The van der Waals surface area contributed by atoms with Crippen molar-refractivity contribution in [2.75, 3.05) is 20.6 Å². The Morgan fingerprint density at radius 1 is 1.60 bits per heavy atom. The maximum atomic E-state index is 4.27. The summed E-state index contributed by atoms with van der Waals surface area (Å²) in [5, 5.41) is 11.3. The Morgan fingerprint density at radius 2 is 2.35 bits per heavy atom. The van der Waals surface area contributed by atoms with Gasteiger partial charge in [-0.25, -0.2) is 0 Å². The average Bonchev–Trinajstić information content (AvgIpc) is 2.87. The molecule has 0 aromatic carbocycles. The number of hydrogen-bond acceptors (Lipinski definition) is 3. The highest BCUT2D eigenvalue weighted by molar-refractivity contribution is 14.0. The number of allylic oxidation sites excluding steroid dienone is 1. The molecule has 0 saturated carbocycles. The van der Waals surface area contributed by atoms with E-state index >= 15 is 0 Å². The van der Waals surface area contributed by atoms with Crippen LogP contribution in [0, 0.1) is 0 Å². The van der Waals surface area contributed by atoms with Crippen molar-refractivity contribution in [1.29, 1.82) is 0 Å². The van der Waals surface area contributed by atoms with Crippen molar-refractivity contribution in [1.82, 2.24) is 25.0 Å². The van der Waals surface area contributed by atoms with Gasteiger partial charge in [-0.05, 0) is 19.8 Å². The fraction of sp³-hybridized carbons (Fsp3) is 0.615. The molecule has 20 heavy (non-hydrogen) atoms. The topological polar surface area (TPSA) is 58.3 Å². The summed E-state index contributed by atoms with van der Waals surface area (Å²) in [6.07, 6.45) is 5.78. The Labute approximate surface area is 138 Å². The number of halogens is 1. The zero-order valence-corrected chi connectivity index (χ0v) is 14.9. The van der Waals surface area contributed by atoms with Gasteiger partial charge in [-0.1, -0.05) is 6.08 Å². The number of guanidine groups is 1. The molecule has 0 aliphatic rings. The van der Waals surface area contributed by atoms with Gasteiger partial charge in [0.2, 0.25) is 0 Å². The first-order valence-corrected chi connectivity index (χ1v) is 6.62. The highest BCUT2D eigenvalue weighted by atomic mass is 127. The van der Waals surface area contributed by atoms with Crippen LogP contribution >= 0.6 is 24.0 Å². The molecule has 1 rings (SSSR count). The average molecular weight is 392 g/mol. The van der Waals surface area contributed by atoms with Gasteiger partial charge in [0, 0.05) is 27.2 Å². The zero-order chi connectivity index (χ0) is 14.1. The summed E-state index contributed by atoms with van der Waals surface area (Å²) in [6.45, 7) is 8.26. The first-order valence-electron chi connectivity index (χ1n) is 6.62. The second kappa shape index (κ2) is 10.6. The lowest BCUT2D eigenvalue weighted by atomic mass is 10.3. The van der Waals surface area contributed by atoms with Crippen molar-refractivity contribution in [3.05, 3.63) is 24.8 Å². The highest BCUT2D eigenvalue weighted by Crippen LogP contribution is 1.97. The Hall–Kier alpha value is -1.12. The van der Waals surface area contributed by atoms with Gasteiger partial charge in [-0.3, -0.25) is 4.99 Å². The number of aromatic nitrogens is 3. The summed E-state index contributed by atoms with van der Waals surface area (Å²) >= 11 is 0. The van der Waals surface area contributed by atoms with Crippen LogP contribution in [0.25, 0.3) is 0 Å². The molecule has 0 bridgehead atoms. The van der Waals surface area contributed by atoms with E-state index in [1.165, 1.54) is 0 Å². The molecule has 0 radical (unpaired) electrons. The van der Waals surface area contributed by atoms with Gasteiger partial charge in [0.1, 0.15) is 6.33 Å². The fourth-order valence-electron chi connectivity index (χ4n) is 1.80. The summed E-state index contributed by atoms with van der Waals surface area (Å²) in [6, 6.07) is 0. The molecule has 6 nitrogen and oxygen atoms in total. The number of aliphatic imine (C=N–C) groups is 1. The molecule has 0 fully saturated rings. The molecule has 0 atom stereocenters. The third kappa shape index (κ3) is 5.89. The van der Waals surface area contributed by atoms with Gasteiger partial charge in [0.05, 0.1) is 6.54 Å². The van der Waals surface area contributed by atoms with Gasteiger partial charge >= 0.3 is 0 Å². The quantitative estimate of drug-likeness (QED) is 0.253. The van der Waals surface area contributed by atoms with Gasteiger partial charge < -0.3 is 14.8 Å². The lowest BCUT2D eigenvalue weighted by Gasteiger charge is -2.21. The Balaban J connectivity index is 0.00000361. The SMILES string of the molecule is C=CCCCN(C)C(=NC)NCc1nncn1CC.I. The maximum absolute atomic E-state index is 4.27. The van der Waals surface area contributed by atoms with E-state index in [-0.39, 0.29) is 24.0 Å². The van der Waals surface area contributed by atoms with Crippen LogP contribution in [-0.2, 0) is 13.1 Å². The Morgan fingerprint density at radius 3 is 2.95 bits per heavy atom. The summed E-state index contributed by atoms with van der Waals surface area (Å²) in [5.74, 6) is 1.79. The van der Waals surface area contributed by atoms with E-state index in [1.807, 2.05) is 17.7 Å². The van der Waals surface area contributed by atoms with Gasteiger partial charge in [0.15, 0.2) is 11.8 Å². The standard InChI is InChI=1S/C13H24N6.HI/c1-5-7-8-9-18(4)13(14-3)15-10-12-17-16-11-19(12)6-2;/h5,11H,1,6-10H2,2-4H3,(H,14,15);1H. The first kappa shape index (κ1) is 18.9. The lowest BCUT2D eigenvalue weighted by Crippen LogP contribution is -2.39. The lowest BCUT2D eigenvalue weighted by molar-refractivity contribution is 0.467. The molecular formula is C13H25IN6. The molecule has 1 aromatic heterocycles. The Bertz CT molecular complexity index is 415. The molecule has 0 saturated heterocycles. The van der Waals surface area contributed by atoms with Gasteiger partial charge in [-0.2, -0.15) is 0 Å². The number of rotatable bonds is 7. The summed E-state index contributed by atoms with van der Waals surface area (Å²) < 4.78 is 2.01. The molecule has 114 valence electrons. The van der Waals surface area contributed by atoms with E-state index in [2.05, 4.69) is 38.9 Å². The van der Waals surface area contributed by atoms with E-state index in [0.717, 1.165) is 37.7 Å². The first-order chi connectivity index (χ1) is 9.22. The number of hydrogen-bond donors (Lipinski definition) is 1. The van der Waals surface area contributed by atoms with Crippen molar-refractivity contribution >= 4 is 29.9 Å². The number of aryl methyl sites for hydroxylation is 1. The number of unbranched alkanes of at least 4 members (excludes halogenated alkanes) is 1. The predicted octanol–water partition coefficient (Wildman–Crippen LogP) is 1.89. The predicted molar refractivity (Wildman–Crippen MR) is 93.4 cm³/mol. The largest absolute Gasteiger partial charge is 0.349 e. The highest BCUT2D eigenvalue weighted by Gasteiger charge is 2.07. The van der Waals surface area contributed by atoms with E-state index in [1.54, 1.807) is 13.4 Å². The molecule has 1 N–H and O–H groups in total. The van der Waals surface area contributed by atoms with Crippen molar-refractivity contribution in [3.63, 3.8) is 0 Å². The minimum Gasteiger partial charge on any atom is -0.349 e. The minimum atomic E-state index is 0. The van der Waals surface area contributed by atoms with Crippen LogP contribution in [0.5, 0.6) is 0 Å². The minimum absolute atomic E-state index is 0. The molecule has 0 aliphatic heterocycles. The van der Waals surface area contributed by atoms with E-state index < -0.39 is 0 Å². The van der Waals surface area contributed by atoms with Gasteiger partial charge in [-0.15, -0.1) is 40.8 Å². The molecule has 1 aromatic rings. The van der Waals surface area contributed by atoms with Crippen LogP contribution in [0.1, 0.15) is 25.6 Å². The smallest absolute Gasteiger partial charge is 0.193 e. The molecule has 0 unspecified atom stereocenters. The van der Waals surface area contributed by atoms with Crippen LogP contribution < -0.4 is 5.32 Å². The van der Waals surface area contributed by atoms with Crippen molar-refractivity contribution in [2.45, 2.75) is 32.9 Å². The maximum Gasteiger partial charge on any atom is 0.193 e. The number of nitrogens with zero attached hydrogens (tertiary/aromatic N) is 5. The second-order valence-electron chi connectivity index (χ2n) is 4.29. The van der Waals surface area contributed by atoms with E-state index in [4.69, 9.17) is 0 Å². The monoisotopic (exact) mass is 392 g/mol. The van der Waals surface area contributed by atoms with Crippen LogP contribution in [-0.4, -0.2) is 46.3 Å². The molecule has 0 spiro atoms.